The van der Waals surface area contributed by atoms with E-state index in [1.54, 1.807) is 18.2 Å². The molecule has 0 fully saturated rings. The van der Waals surface area contributed by atoms with Gasteiger partial charge in [-0.3, -0.25) is 14.9 Å². The number of rotatable bonds is 7. The molecule has 24 heavy (non-hydrogen) atoms. The number of thioether (sulfide) groups is 1. The molecular formula is C16H15ClN2O4S. The molecular weight excluding hydrogens is 352 g/mol. The summed E-state index contributed by atoms with van der Waals surface area (Å²) in [6.45, 7) is 0. The summed E-state index contributed by atoms with van der Waals surface area (Å²) in [7, 11) is 1.42. The number of hydrogen-bond acceptors (Lipinski definition) is 5. The minimum absolute atomic E-state index is 0.151. The number of nitrogens with one attached hydrogen (secondary N) is 1. The van der Waals surface area contributed by atoms with Crippen molar-refractivity contribution >= 4 is 40.6 Å². The number of carbonyl (C=O) groups excluding carboxylic acids is 1. The van der Waals surface area contributed by atoms with E-state index in [0.717, 1.165) is 5.56 Å². The molecule has 0 aliphatic carbocycles. The Morgan fingerprint density at radius 2 is 2.00 bits per heavy atom. The molecule has 126 valence electrons. The van der Waals surface area contributed by atoms with E-state index in [9.17, 15) is 14.9 Å². The summed E-state index contributed by atoms with van der Waals surface area (Å²) in [5.41, 5.74) is 0.996. The van der Waals surface area contributed by atoms with Crippen molar-refractivity contribution in [3.05, 3.63) is 63.2 Å². The fraction of sp³-hybridized carbons (Fsp3) is 0.188. The van der Waals surface area contributed by atoms with Crippen molar-refractivity contribution in [2.45, 2.75) is 5.75 Å². The van der Waals surface area contributed by atoms with Crippen LogP contribution in [0.5, 0.6) is 5.75 Å². The smallest absolute Gasteiger partial charge is 0.296 e. The molecule has 1 amide bonds. The molecule has 8 heteroatoms. The predicted octanol–water partition coefficient (Wildman–Crippen LogP) is 4.13. The zero-order valence-electron chi connectivity index (χ0n) is 12.8. The van der Waals surface area contributed by atoms with Gasteiger partial charge in [0, 0.05) is 10.8 Å². The van der Waals surface area contributed by atoms with Crippen LogP contribution in [-0.4, -0.2) is 23.7 Å². The molecule has 0 bridgehead atoms. The fourth-order valence-corrected chi connectivity index (χ4v) is 2.84. The van der Waals surface area contributed by atoms with Crippen LogP contribution in [0, 0.1) is 10.1 Å². The topological polar surface area (TPSA) is 81.5 Å². The monoisotopic (exact) mass is 366 g/mol. The third-order valence-electron chi connectivity index (χ3n) is 3.09. The van der Waals surface area contributed by atoms with E-state index in [1.165, 1.54) is 31.0 Å². The predicted molar refractivity (Wildman–Crippen MR) is 95.9 cm³/mol. The van der Waals surface area contributed by atoms with Gasteiger partial charge in [-0.1, -0.05) is 23.7 Å². The van der Waals surface area contributed by atoms with E-state index in [4.69, 9.17) is 16.3 Å². The van der Waals surface area contributed by atoms with E-state index >= 15 is 0 Å². The average Bonchev–Trinajstić information content (AvgIpc) is 2.57. The van der Waals surface area contributed by atoms with Crippen LogP contribution >= 0.6 is 23.4 Å². The number of nitro benzene ring substituents is 1. The van der Waals surface area contributed by atoms with Gasteiger partial charge < -0.3 is 10.1 Å². The van der Waals surface area contributed by atoms with Crippen molar-refractivity contribution in [2.24, 2.45) is 0 Å². The van der Waals surface area contributed by atoms with E-state index in [-0.39, 0.29) is 23.0 Å². The maximum Gasteiger partial charge on any atom is 0.296 e. The number of ether oxygens (including phenoxy) is 1. The molecule has 6 nitrogen and oxygen atoms in total. The van der Waals surface area contributed by atoms with Crippen LogP contribution < -0.4 is 10.1 Å². The molecule has 0 saturated carbocycles. The highest BCUT2D eigenvalue weighted by Crippen LogP contribution is 2.29. The first-order valence-electron chi connectivity index (χ1n) is 6.94. The van der Waals surface area contributed by atoms with Crippen LogP contribution in [0.4, 0.5) is 11.4 Å². The molecule has 0 heterocycles. The molecule has 0 atom stereocenters. The molecule has 0 aliphatic heterocycles. The number of anilines is 1. The van der Waals surface area contributed by atoms with Gasteiger partial charge in [0.05, 0.1) is 23.9 Å². The SMILES string of the molecule is COc1ccc(NC(=O)CSCc2ccc(Cl)cc2)c([N+](=O)[O-])c1. The van der Waals surface area contributed by atoms with Crippen molar-refractivity contribution in [2.75, 3.05) is 18.2 Å². The largest absolute Gasteiger partial charge is 0.496 e. The minimum atomic E-state index is -0.557. The highest BCUT2D eigenvalue weighted by Gasteiger charge is 2.17. The first kappa shape index (κ1) is 18.1. The van der Waals surface area contributed by atoms with Gasteiger partial charge in [-0.05, 0) is 29.8 Å². The van der Waals surface area contributed by atoms with Crippen LogP contribution in [0.3, 0.4) is 0 Å². The molecule has 2 aromatic carbocycles. The van der Waals surface area contributed by atoms with E-state index in [0.29, 0.717) is 16.5 Å². The Kier molecular flexibility index (Phi) is 6.45. The standard InChI is InChI=1S/C16H15ClN2O4S/c1-23-13-6-7-14(15(8-13)19(21)22)18-16(20)10-24-9-11-2-4-12(17)5-3-11/h2-8H,9-10H2,1H3,(H,18,20). The van der Waals surface area contributed by atoms with E-state index < -0.39 is 4.92 Å². The Hall–Kier alpha value is -2.25. The molecule has 1 N–H and O–H groups in total. The van der Waals surface area contributed by atoms with Gasteiger partial charge in [0.25, 0.3) is 5.69 Å². The minimum Gasteiger partial charge on any atom is -0.496 e. The zero-order chi connectivity index (χ0) is 17.5. The molecule has 0 aliphatic rings. The van der Waals surface area contributed by atoms with E-state index in [1.807, 2.05) is 12.1 Å². The molecule has 0 unspecified atom stereocenters. The Labute approximate surface area is 148 Å². The highest BCUT2D eigenvalue weighted by molar-refractivity contribution is 7.99. The van der Waals surface area contributed by atoms with Gasteiger partial charge in [0.2, 0.25) is 5.91 Å². The summed E-state index contributed by atoms with van der Waals surface area (Å²) >= 11 is 7.23. The molecule has 0 radical (unpaired) electrons. The Morgan fingerprint density at radius 3 is 2.62 bits per heavy atom. The van der Waals surface area contributed by atoms with Gasteiger partial charge in [-0.2, -0.15) is 0 Å². The fourth-order valence-electron chi connectivity index (χ4n) is 1.92. The molecule has 2 rings (SSSR count). The number of methoxy groups -OCH3 is 1. The summed E-state index contributed by atoms with van der Waals surface area (Å²) in [5.74, 6) is 0.889. The van der Waals surface area contributed by atoms with Gasteiger partial charge >= 0.3 is 0 Å². The average molecular weight is 367 g/mol. The van der Waals surface area contributed by atoms with Gasteiger partial charge in [-0.15, -0.1) is 11.8 Å². The van der Waals surface area contributed by atoms with Crippen molar-refractivity contribution < 1.29 is 14.5 Å². The first-order chi connectivity index (χ1) is 11.5. The van der Waals surface area contributed by atoms with Crippen molar-refractivity contribution in [3.63, 3.8) is 0 Å². The lowest BCUT2D eigenvalue weighted by Crippen LogP contribution is -2.15. The van der Waals surface area contributed by atoms with Crippen LogP contribution in [-0.2, 0) is 10.5 Å². The molecule has 0 aromatic heterocycles. The summed E-state index contributed by atoms with van der Waals surface area (Å²) < 4.78 is 4.96. The normalized spacial score (nSPS) is 10.2. The maximum atomic E-state index is 12.0. The molecule has 0 spiro atoms. The Bertz CT molecular complexity index is 737. The first-order valence-corrected chi connectivity index (χ1v) is 8.47. The van der Waals surface area contributed by atoms with Gasteiger partial charge in [0.15, 0.2) is 0 Å². The second-order valence-corrected chi connectivity index (χ2v) is 6.23. The summed E-state index contributed by atoms with van der Waals surface area (Å²) in [5, 5.41) is 14.3. The number of benzene rings is 2. The number of amides is 1. The number of nitrogens with zero attached hydrogens (tertiary/aromatic N) is 1. The number of nitro groups is 1. The van der Waals surface area contributed by atoms with Crippen LogP contribution in [0.1, 0.15) is 5.56 Å². The Morgan fingerprint density at radius 1 is 1.29 bits per heavy atom. The van der Waals surface area contributed by atoms with Crippen LogP contribution in [0.15, 0.2) is 42.5 Å². The van der Waals surface area contributed by atoms with Gasteiger partial charge in [0.1, 0.15) is 11.4 Å². The third-order valence-corrected chi connectivity index (χ3v) is 4.35. The quantitative estimate of drug-likeness (QED) is 0.588. The van der Waals surface area contributed by atoms with Crippen LogP contribution in [0.2, 0.25) is 5.02 Å². The number of halogens is 1. The summed E-state index contributed by atoms with van der Waals surface area (Å²) in [4.78, 5) is 22.5. The summed E-state index contributed by atoms with van der Waals surface area (Å²) in [6, 6.07) is 11.7. The second kappa shape index (κ2) is 8.56. The van der Waals surface area contributed by atoms with E-state index in [2.05, 4.69) is 5.32 Å². The zero-order valence-corrected chi connectivity index (χ0v) is 14.4. The van der Waals surface area contributed by atoms with Crippen molar-refractivity contribution in [3.8, 4) is 5.75 Å². The highest BCUT2D eigenvalue weighted by atomic mass is 35.5. The lowest BCUT2D eigenvalue weighted by atomic mass is 10.2. The van der Waals surface area contributed by atoms with Gasteiger partial charge in [-0.25, -0.2) is 0 Å². The van der Waals surface area contributed by atoms with Crippen molar-refractivity contribution in [1.82, 2.24) is 0 Å². The van der Waals surface area contributed by atoms with Crippen molar-refractivity contribution in [1.29, 1.82) is 0 Å². The second-order valence-electron chi connectivity index (χ2n) is 4.81. The lowest BCUT2D eigenvalue weighted by Gasteiger charge is -2.07. The number of carbonyl (C=O) groups is 1. The number of hydrogen-bond donors (Lipinski definition) is 1. The third kappa shape index (κ3) is 5.14. The summed E-state index contributed by atoms with van der Waals surface area (Å²) in [6.07, 6.45) is 0. The maximum absolute atomic E-state index is 12.0. The van der Waals surface area contributed by atoms with Crippen LogP contribution in [0.25, 0.3) is 0 Å². The molecule has 2 aromatic rings. The Balaban J connectivity index is 1.92. The molecule has 0 saturated heterocycles. The lowest BCUT2D eigenvalue weighted by molar-refractivity contribution is -0.384.